The van der Waals surface area contributed by atoms with Gasteiger partial charge < -0.3 is 10.5 Å². The van der Waals surface area contributed by atoms with Gasteiger partial charge in [0.1, 0.15) is 41.6 Å². The van der Waals surface area contributed by atoms with Gasteiger partial charge in [-0.15, -0.1) is 0 Å². The molecule has 9 nitrogen and oxygen atoms in total. The molecule has 3 aromatic heterocycles. The molecule has 2 unspecified atom stereocenters. The number of nitrogen functional groups attached to an aromatic ring is 1. The summed E-state index contributed by atoms with van der Waals surface area (Å²) in [7, 11) is 0. The molecule has 2 aliphatic rings. The van der Waals surface area contributed by atoms with Gasteiger partial charge in [-0.2, -0.15) is 5.10 Å². The van der Waals surface area contributed by atoms with Crippen LogP contribution in [-0.4, -0.2) is 35.4 Å². The van der Waals surface area contributed by atoms with Crippen LogP contribution < -0.4 is 16.0 Å². The summed E-state index contributed by atoms with van der Waals surface area (Å²) in [5.41, 5.74) is 8.56. The molecule has 2 N–H and O–H groups in total. The van der Waals surface area contributed by atoms with Crippen molar-refractivity contribution >= 4 is 22.9 Å². The predicted octanol–water partition coefficient (Wildman–Crippen LogP) is 5.18. The average Bonchev–Trinajstić information content (AvgIpc) is 3.25. The first kappa shape index (κ1) is 24.3. The fraction of sp³-hybridized carbons (Fsp3) is 0.393. The highest BCUT2D eigenvalue weighted by Gasteiger charge is 2.33. The lowest BCUT2D eigenvalue weighted by Crippen LogP contribution is -2.38. The second-order valence-electron chi connectivity index (χ2n) is 10.3. The Labute approximate surface area is 219 Å². The third-order valence-electron chi connectivity index (χ3n) is 7.34. The van der Waals surface area contributed by atoms with E-state index >= 15 is 0 Å². The van der Waals surface area contributed by atoms with Crippen LogP contribution in [-0.2, 0) is 0 Å². The van der Waals surface area contributed by atoms with Crippen molar-refractivity contribution in [3.63, 3.8) is 0 Å². The zero-order valence-electron chi connectivity index (χ0n) is 21.6. The molecule has 38 heavy (non-hydrogen) atoms. The van der Waals surface area contributed by atoms with Crippen molar-refractivity contribution < 1.29 is 9.13 Å². The van der Waals surface area contributed by atoms with Gasteiger partial charge in [0.2, 0.25) is 0 Å². The van der Waals surface area contributed by atoms with Gasteiger partial charge in [-0.1, -0.05) is 6.08 Å². The van der Waals surface area contributed by atoms with E-state index in [0.29, 0.717) is 34.1 Å². The molecule has 10 heteroatoms. The molecule has 3 heterocycles. The summed E-state index contributed by atoms with van der Waals surface area (Å²) in [6.07, 6.45) is 6.51. The third-order valence-corrected chi connectivity index (χ3v) is 7.34. The maximum Gasteiger partial charge on any atom is 0.260 e. The van der Waals surface area contributed by atoms with E-state index in [0.717, 1.165) is 30.6 Å². The summed E-state index contributed by atoms with van der Waals surface area (Å²) in [6, 6.07) is 7.15. The lowest BCUT2D eigenvalue weighted by Gasteiger charge is -2.32. The van der Waals surface area contributed by atoms with Gasteiger partial charge in [0.15, 0.2) is 5.65 Å². The standard InChI is InChI=1S/C28H30FN7O2/c1-15(2)38-19-12-10-17(11-13-19)24-23-25(30)31-14-32-27(23)36(34-24)16(3)26-33-21-9-5-8-20(29)22(21)28(37)35(26)18-6-4-7-18/h5,9-16,18,20H,4,6-8H2,1-3H3,(H2,30,31,32). The van der Waals surface area contributed by atoms with E-state index in [1.165, 1.54) is 6.33 Å². The SMILES string of the molecule is CC(C)Oc1ccc(-c2nn(C(C)c3nc4c(c(=O)n3C3CCC3)C(F)CC=C4)c3ncnc(N)c23)cc1. The van der Waals surface area contributed by atoms with E-state index in [1.807, 2.05) is 45.0 Å². The van der Waals surface area contributed by atoms with Gasteiger partial charge in [-0.3, -0.25) is 9.36 Å². The molecule has 1 aromatic carbocycles. The van der Waals surface area contributed by atoms with Crippen LogP contribution in [0.5, 0.6) is 5.75 Å². The number of nitrogens with two attached hydrogens (primary N) is 1. The first-order chi connectivity index (χ1) is 18.3. The van der Waals surface area contributed by atoms with Crippen LogP contribution in [0.3, 0.4) is 0 Å². The number of nitrogens with zero attached hydrogens (tertiary/aromatic N) is 6. The Bertz CT molecular complexity index is 1600. The van der Waals surface area contributed by atoms with Crippen molar-refractivity contribution in [3.8, 4) is 17.0 Å². The Hall–Kier alpha value is -4.08. The molecule has 6 rings (SSSR count). The first-order valence-corrected chi connectivity index (χ1v) is 13.1. The zero-order chi connectivity index (χ0) is 26.6. The van der Waals surface area contributed by atoms with Crippen LogP contribution in [0.1, 0.15) is 81.8 Å². The topological polar surface area (TPSA) is 114 Å². The number of aromatic nitrogens is 6. The minimum absolute atomic E-state index is 0.00894. The summed E-state index contributed by atoms with van der Waals surface area (Å²) in [6.45, 7) is 5.88. The molecule has 196 valence electrons. The number of rotatable bonds is 6. The monoisotopic (exact) mass is 515 g/mol. The zero-order valence-corrected chi connectivity index (χ0v) is 21.6. The average molecular weight is 516 g/mol. The number of alkyl halides is 1. The highest BCUT2D eigenvalue weighted by molar-refractivity contribution is 5.98. The molecule has 2 aliphatic carbocycles. The molecule has 0 bridgehead atoms. The van der Waals surface area contributed by atoms with Gasteiger partial charge in [0.05, 0.1) is 22.7 Å². The van der Waals surface area contributed by atoms with Crippen LogP contribution in [0.4, 0.5) is 10.2 Å². The number of ether oxygens (including phenoxy) is 1. The summed E-state index contributed by atoms with van der Waals surface area (Å²) in [5, 5.41) is 5.56. The minimum atomic E-state index is -1.35. The Morgan fingerprint density at radius 1 is 1.13 bits per heavy atom. The molecule has 0 saturated heterocycles. The Balaban J connectivity index is 1.51. The summed E-state index contributed by atoms with van der Waals surface area (Å²) in [4.78, 5) is 27.2. The Morgan fingerprint density at radius 3 is 2.58 bits per heavy atom. The molecular weight excluding hydrogens is 485 g/mol. The third kappa shape index (κ3) is 3.95. The van der Waals surface area contributed by atoms with E-state index in [4.69, 9.17) is 20.6 Å². The number of hydrogen-bond donors (Lipinski definition) is 1. The molecule has 1 fully saturated rings. The number of allylic oxidation sites excluding steroid dienone is 1. The smallest absolute Gasteiger partial charge is 0.260 e. The van der Waals surface area contributed by atoms with Gasteiger partial charge in [0, 0.05) is 18.0 Å². The fourth-order valence-corrected chi connectivity index (χ4v) is 5.25. The van der Waals surface area contributed by atoms with Gasteiger partial charge in [-0.25, -0.2) is 24.0 Å². The molecular formula is C28H30FN7O2. The Morgan fingerprint density at radius 2 is 1.89 bits per heavy atom. The molecule has 0 amide bonds. The van der Waals surface area contributed by atoms with Crippen molar-refractivity contribution in [2.24, 2.45) is 0 Å². The quantitative estimate of drug-likeness (QED) is 0.376. The highest BCUT2D eigenvalue weighted by Crippen LogP contribution is 2.37. The first-order valence-electron chi connectivity index (χ1n) is 13.1. The summed E-state index contributed by atoms with van der Waals surface area (Å²) in [5.74, 6) is 1.60. The Kier molecular flexibility index (Phi) is 5.97. The number of anilines is 1. The van der Waals surface area contributed by atoms with Crippen molar-refractivity contribution in [1.82, 2.24) is 29.3 Å². The number of fused-ring (bicyclic) bond motifs is 2. The van der Waals surface area contributed by atoms with Gasteiger partial charge in [-0.05, 0) is 70.4 Å². The molecule has 4 aromatic rings. The normalized spacial score (nSPS) is 18.0. The fourth-order valence-electron chi connectivity index (χ4n) is 5.25. The van der Waals surface area contributed by atoms with E-state index in [-0.39, 0.29) is 29.7 Å². The predicted molar refractivity (Wildman–Crippen MR) is 144 cm³/mol. The van der Waals surface area contributed by atoms with Crippen LogP contribution >= 0.6 is 0 Å². The molecule has 2 atom stereocenters. The number of hydrogen-bond acceptors (Lipinski definition) is 7. The van der Waals surface area contributed by atoms with Gasteiger partial charge >= 0.3 is 0 Å². The second kappa shape index (κ2) is 9.34. The van der Waals surface area contributed by atoms with Crippen LogP contribution in [0.2, 0.25) is 0 Å². The maximum absolute atomic E-state index is 14.8. The summed E-state index contributed by atoms with van der Waals surface area (Å²) >= 11 is 0. The summed E-state index contributed by atoms with van der Waals surface area (Å²) < 4.78 is 24.1. The van der Waals surface area contributed by atoms with Crippen molar-refractivity contribution in [2.75, 3.05) is 5.73 Å². The van der Waals surface area contributed by atoms with E-state index in [1.54, 1.807) is 21.4 Å². The lowest BCUT2D eigenvalue weighted by molar-refractivity contribution is 0.242. The molecule has 0 aliphatic heterocycles. The van der Waals surface area contributed by atoms with E-state index in [2.05, 4.69) is 9.97 Å². The van der Waals surface area contributed by atoms with Crippen molar-refractivity contribution in [3.05, 3.63) is 64.1 Å². The molecule has 0 radical (unpaired) electrons. The van der Waals surface area contributed by atoms with E-state index in [9.17, 15) is 9.18 Å². The second-order valence-corrected chi connectivity index (χ2v) is 10.3. The van der Waals surface area contributed by atoms with Gasteiger partial charge in [0.25, 0.3) is 5.56 Å². The molecule has 0 spiro atoms. The number of benzene rings is 1. The lowest BCUT2D eigenvalue weighted by atomic mass is 9.91. The maximum atomic E-state index is 14.8. The minimum Gasteiger partial charge on any atom is -0.491 e. The van der Waals surface area contributed by atoms with Crippen LogP contribution in [0.25, 0.3) is 28.4 Å². The molecule has 1 saturated carbocycles. The number of halogens is 1. The van der Waals surface area contributed by atoms with Crippen LogP contribution in [0, 0.1) is 0 Å². The van der Waals surface area contributed by atoms with Crippen molar-refractivity contribution in [1.29, 1.82) is 0 Å². The van der Waals surface area contributed by atoms with Crippen molar-refractivity contribution in [2.45, 2.75) is 70.8 Å². The largest absolute Gasteiger partial charge is 0.491 e. The van der Waals surface area contributed by atoms with Crippen LogP contribution in [0.15, 0.2) is 41.5 Å². The highest BCUT2D eigenvalue weighted by atomic mass is 19.1. The van der Waals surface area contributed by atoms with E-state index < -0.39 is 12.2 Å².